The van der Waals surface area contributed by atoms with E-state index in [-0.39, 0.29) is 17.9 Å². The first-order valence-electron chi connectivity index (χ1n) is 4.67. The predicted octanol–water partition coefficient (Wildman–Crippen LogP) is 0.492. The lowest BCUT2D eigenvalue weighted by molar-refractivity contribution is -0.140. The molecule has 0 aromatic carbocycles. The predicted molar refractivity (Wildman–Crippen MR) is 54.7 cm³/mol. The van der Waals surface area contributed by atoms with E-state index in [4.69, 9.17) is 0 Å². The van der Waals surface area contributed by atoms with E-state index in [0.29, 0.717) is 23.5 Å². The number of rotatable bonds is 3. The van der Waals surface area contributed by atoms with Gasteiger partial charge >= 0.3 is 5.97 Å². The van der Waals surface area contributed by atoms with E-state index in [9.17, 15) is 9.59 Å². The highest BCUT2D eigenvalue weighted by atomic mass is 16.5. The van der Waals surface area contributed by atoms with Crippen LogP contribution in [0.15, 0.2) is 4.79 Å². The van der Waals surface area contributed by atoms with Crippen molar-refractivity contribution in [3.05, 3.63) is 27.4 Å². The topological polar surface area (TPSA) is 72.0 Å². The standard InChI is InChI=1S/C10H14N2O3/c1-6-8(4-5-9(13)15-3)10(14)12-7(2)11-6/h4-5H2,1-3H3,(H,11,12,14). The Kier molecular flexibility index (Phi) is 3.60. The number of hydrogen-bond donors (Lipinski definition) is 1. The third kappa shape index (κ3) is 2.90. The van der Waals surface area contributed by atoms with E-state index < -0.39 is 0 Å². The van der Waals surface area contributed by atoms with E-state index in [1.807, 2.05) is 0 Å². The summed E-state index contributed by atoms with van der Waals surface area (Å²) in [6, 6.07) is 0. The summed E-state index contributed by atoms with van der Waals surface area (Å²) in [5, 5.41) is 0. The molecule has 1 aromatic heterocycles. The number of H-pyrrole nitrogens is 1. The van der Waals surface area contributed by atoms with Crippen LogP contribution in [-0.4, -0.2) is 23.0 Å². The van der Waals surface area contributed by atoms with Crippen molar-refractivity contribution in [3.63, 3.8) is 0 Å². The Balaban J connectivity index is 2.86. The van der Waals surface area contributed by atoms with Crippen molar-refractivity contribution in [2.45, 2.75) is 26.7 Å². The molecule has 0 unspecified atom stereocenters. The summed E-state index contributed by atoms with van der Waals surface area (Å²) in [5.74, 6) is 0.258. The third-order valence-corrected chi connectivity index (χ3v) is 2.15. The van der Waals surface area contributed by atoms with E-state index in [2.05, 4.69) is 14.7 Å². The molecule has 1 aromatic rings. The van der Waals surface area contributed by atoms with Crippen LogP contribution in [0.1, 0.15) is 23.5 Å². The molecule has 1 heterocycles. The molecular weight excluding hydrogens is 196 g/mol. The molecule has 0 saturated heterocycles. The molecule has 0 aliphatic heterocycles. The van der Waals surface area contributed by atoms with Crippen molar-refractivity contribution >= 4 is 5.97 Å². The number of nitrogens with one attached hydrogen (secondary N) is 1. The van der Waals surface area contributed by atoms with Crippen LogP contribution in [0.4, 0.5) is 0 Å². The molecule has 0 amide bonds. The molecule has 0 bridgehead atoms. The SMILES string of the molecule is COC(=O)CCc1c(C)nc(C)[nH]c1=O. The van der Waals surface area contributed by atoms with Gasteiger partial charge in [0.25, 0.3) is 5.56 Å². The fraction of sp³-hybridized carbons (Fsp3) is 0.500. The molecule has 1 N–H and O–H groups in total. The minimum atomic E-state index is -0.325. The Morgan fingerprint density at radius 1 is 1.47 bits per heavy atom. The highest BCUT2D eigenvalue weighted by Crippen LogP contribution is 2.02. The zero-order valence-electron chi connectivity index (χ0n) is 9.09. The maximum absolute atomic E-state index is 11.5. The Morgan fingerprint density at radius 3 is 2.67 bits per heavy atom. The van der Waals surface area contributed by atoms with Gasteiger partial charge in [0.1, 0.15) is 5.82 Å². The lowest BCUT2D eigenvalue weighted by atomic mass is 10.1. The minimum Gasteiger partial charge on any atom is -0.469 e. The van der Waals surface area contributed by atoms with Gasteiger partial charge in [-0.1, -0.05) is 0 Å². The fourth-order valence-electron chi connectivity index (χ4n) is 1.37. The fourth-order valence-corrected chi connectivity index (χ4v) is 1.37. The van der Waals surface area contributed by atoms with E-state index in [1.54, 1.807) is 13.8 Å². The molecule has 1 rings (SSSR count). The second kappa shape index (κ2) is 4.72. The van der Waals surface area contributed by atoms with Crippen molar-refractivity contribution in [3.8, 4) is 0 Å². The summed E-state index contributed by atoms with van der Waals surface area (Å²) < 4.78 is 4.50. The third-order valence-electron chi connectivity index (χ3n) is 2.15. The summed E-state index contributed by atoms with van der Waals surface area (Å²) in [6.07, 6.45) is 0.562. The van der Waals surface area contributed by atoms with Gasteiger partial charge in [0.2, 0.25) is 0 Å². The Morgan fingerprint density at radius 2 is 2.13 bits per heavy atom. The average molecular weight is 210 g/mol. The maximum Gasteiger partial charge on any atom is 0.305 e. The first-order chi connectivity index (χ1) is 7.04. The van der Waals surface area contributed by atoms with E-state index in [0.717, 1.165) is 0 Å². The van der Waals surface area contributed by atoms with Crippen LogP contribution in [0, 0.1) is 13.8 Å². The van der Waals surface area contributed by atoms with E-state index >= 15 is 0 Å². The molecule has 0 atom stereocenters. The van der Waals surface area contributed by atoms with Gasteiger partial charge in [-0.3, -0.25) is 9.59 Å². The summed E-state index contributed by atoms with van der Waals surface area (Å²) in [7, 11) is 1.33. The zero-order chi connectivity index (χ0) is 11.4. The number of methoxy groups -OCH3 is 1. The van der Waals surface area contributed by atoms with Crippen molar-refractivity contribution in [1.82, 2.24) is 9.97 Å². The van der Waals surface area contributed by atoms with E-state index in [1.165, 1.54) is 7.11 Å². The largest absolute Gasteiger partial charge is 0.469 e. The number of ether oxygens (including phenoxy) is 1. The Bertz CT molecular complexity index is 423. The monoisotopic (exact) mass is 210 g/mol. The molecule has 0 aliphatic rings. The molecule has 0 fully saturated rings. The number of nitrogens with zero attached hydrogens (tertiary/aromatic N) is 1. The zero-order valence-corrected chi connectivity index (χ0v) is 9.09. The lowest BCUT2D eigenvalue weighted by Gasteiger charge is -2.04. The van der Waals surface area contributed by atoms with Gasteiger partial charge in [-0.15, -0.1) is 0 Å². The van der Waals surface area contributed by atoms with Crippen molar-refractivity contribution < 1.29 is 9.53 Å². The van der Waals surface area contributed by atoms with Gasteiger partial charge in [-0.25, -0.2) is 4.98 Å². The van der Waals surface area contributed by atoms with Gasteiger partial charge in [0.05, 0.1) is 7.11 Å². The maximum atomic E-state index is 11.5. The molecule has 0 saturated carbocycles. The summed E-state index contributed by atoms with van der Waals surface area (Å²) >= 11 is 0. The number of carbonyl (C=O) groups is 1. The molecule has 15 heavy (non-hydrogen) atoms. The number of aromatic amines is 1. The summed E-state index contributed by atoms with van der Waals surface area (Å²) in [5.41, 5.74) is 1.04. The Hall–Kier alpha value is -1.65. The number of aryl methyl sites for hydroxylation is 2. The molecular formula is C10H14N2O3. The van der Waals surface area contributed by atoms with Gasteiger partial charge in [-0.05, 0) is 20.3 Å². The molecule has 82 valence electrons. The van der Waals surface area contributed by atoms with Gasteiger partial charge in [-0.2, -0.15) is 0 Å². The highest BCUT2D eigenvalue weighted by Gasteiger charge is 2.09. The quantitative estimate of drug-likeness (QED) is 0.737. The molecule has 0 radical (unpaired) electrons. The van der Waals surface area contributed by atoms with Crippen LogP contribution in [-0.2, 0) is 16.0 Å². The summed E-state index contributed by atoms with van der Waals surface area (Å²) in [4.78, 5) is 29.2. The highest BCUT2D eigenvalue weighted by molar-refractivity contribution is 5.69. The van der Waals surface area contributed by atoms with Crippen molar-refractivity contribution in [2.75, 3.05) is 7.11 Å². The molecule has 5 nitrogen and oxygen atoms in total. The smallest absolute Gasteiger partial charge is 0.305 e. The number of esters is 1. The van der Waals surface area contributed by atoms with Crippen molar-refractivity contribution in [1.29, 1.82) is 0 Å². The number of hydrogen-bond acceptors (Lipinski definition) is 4. The first-order valence-corrected chi connectivity index (χ1v) is 4.67. The minimum absolute atomic E-state index is 0.177. The van der Waals surface area contributed by atoms with Crippen LogP contribution in [0.3, 0.4) is 0 Å². The van der Waals surface area contributed by atoms with Crippen LogP contribution in [0.2, 0.25) is 0 Å². The summed E-state index contributed by atoms with van der Waals surface area (Å²) in [6.45, 7) is 3.48. The molecule has 0 aliphatic carbocycles. The molecule has 0 spiro atoms. The average Bonchev–Trinajstić information content (AvgIpc) is 2.15. The van der Waals surface area contributed by atoms with Crippen LogP contribution in [0.5, 0.6) is 0 Å². The van der Waals surface area contributed by atoms with Crippen LogP contribution < -0.4 is 5.56 Å². The lowest BCUT2D eigenvalue weighted by Crippen LogP contribution is -2.18. The van der Waals surface area contributed by atoms with Gasteiger partial charge in [0.15, 0.2) is 0 Å². The second-order valence-electron chi connectivity index (χ2n) is 3.29. The van der Waals surface area contributed by atoms with Gasteiger partial charge in [0, 0.05) is 17.7 Å². The van der Waals surface area contributed by atoms with Crippen molar-refractivity contribution in [2.24, 2.45) is 0 Å². The van der Waals surface area contributed by atoms with Crippen LogP contribution in [0.25, 0.3) is 0 Å². The number of carbonyl (C=O) groups excluding carboxylic acids is 1. The number of aromatic nitrogens is 2. The van der Waals surface area contributed by atoms with Gasteiger partial charge < -0.3 is 9.72 Å². The normalized spacial score (nSPS) is 10.1. The molecule has 5 heteroatoms. The van der Waals surface area contributed by atoms with Crippen LogP contribution >= 0.6 is 0 Å². The Labute approximate surface area is 87.5 Å². The second-order valence-corrected chi connectivity index (χ2v) is 3.29. The first kappa shape index (κ1) is 11.4.